The highest BCUT2D eigenvalue weighted by atomic mass is 32.2. The van der Waals surface area contributed by atoms with Crippen molar-refractivity contribution in [3.05, 3.63) is 35.8 Å². The van der Waals surface area contributed by atoms with Gasteiger partial charge in [0.1, 0.15) is 16.4 Å². The number of aromatic carboxylic acids is 1. The second kappa shape index (κ2) is 6.10. The first kappa shape index (κ1) is 16.5. The molecular weight excluding hydrogens is 352 g/mol. The van der Waals surface area contributed by atoms with Crippen LogP contribution in [0.25, 0.3) is 28.2 Å². The Morgan fingerprint density at radius 1 is 1.31 bits per heavy atom. The normalized spacial score (nSPS) is 11.5. The molecule has 0 radical (unpaired) electrons. The van der Waals surface area contributed by atoms with Crippen LogP contribution in [0.15, 0.2) is 29.6 Å². The summed E-state index contributed by atoms with van der Waals surface area (Å²) in [5, 5.41) is 14.6. The van der Waals surface area contributed by atoms with Gasteiger partial charge in [-0.15, -0.1) is 11.8 Å². The molecule has 0 aliphatic heterocycles. The van der Waals surface area contributed by atoms with E-state index in [-0.39, 0.29) is 5.69 Å². The Labute approximate surface area is 152 Å². The van der Waals surface area contributed by atoms with Crippen LogP contribution in [-0.2, 0) is 7.05 Å². The van der Waals surface area contributed by atoms with E-state index < -0.39 is 5.97 Å². The van der Waals surface area contributed by atoms with E-state index in [0.29, 0.717) is 16.5 Å². The molecule has 4 aromatic rings. The lowest BCUT2D eigenvalue weighted by Crippen LogP contribution is -2.06. The molecule has 4 aromatic heterocycles. The van der Waals surface area contributed by atoms with Gasteiger partial charge < -0.3 is 9.67 Å². The number of aryl methyl sites for hydroxylation is 2. The number of carboxylic acid groups (broad SMARTS) is 1. The number of pyridine rings is 1. The Morgan fingerprint density at radius 2 is 2.12 bits per heavy atom. The summed E-state index contributed by atoms with van der Waals surface area (Å²) in [6, 6.07) is 3.41. The maximum absolute atomic E-state index is 11.5. The SMILES string of the molecule is CCSc1nn2c(C(=O)O)ccnc2c1-c1nc2cc(C)cnc2n1C. The first-order valence-corrected chi connectivity index (χ1v) is 9.03. The number of fused-ring (bicyclic) bond motifs is 2. The highest BCUT2D eigenvalue weighted by molar-refractivity contribution is 7.99. The monoisotopic (exact) mass is 368 g/mol. The lowest BCUT2D eigenvalue weighted by atomic mass is 10.3. The number of rotatable bonds is 4. The number of imidazole rings is 1. The Balaban J connectivity index is 2.07. The zero-order valence-corrected chi connectivity index (χ0v) is 15.3. The number of hydrogen-bond donors (Lipinski definition) is 1. The summed E-state index contributed by atoms with van der Waals surface area (Å²) in [4.78, 5) is 25.1. The first-order chi connectivity index (χ1) is 12.5. The van der Waals surface area contributed by atoms with E-state index in [4.69, 9.17) is 4.98 Å². The number of thioether (sulfide) groups is 1. The molecule has 26 heavy (non-hydrogen) atoms. The largest absolute Gasteiger partial charge is 0.477 e. The maximum Gasteiger partial charge on any atom is 0.354 e. The molecule has 0 aromatic carbocycles. The molecule has 0 unspecified atom stereocenters. The molecule has 0 fully saturated rings. The minimum absolute atomic E-state index is 0.0620. The van der Waals surface area contributed by atoms with Crippen LogP contribution >= 0.6 is 11.8 Å². The van der Waals surface area contributed by atoms with Crippen LogP contribution < -0.4 is 0 Å². The van der Waals surface area contributed by atoms with Gasteiger partial charge in [-0.1, -0.05) is 6.92 Å². The van der Waals surface area contributed by atoms with Gasteiger partial charge in [-0.2, -0.15) is 5.10 Å². The van der Waals surface area contributed by atoms with Gasteiger partial charge in [0.25, 0.3) is 0 Å². The Morgan fingerprint density at radius 3 is 2.85 bits per heavy atom. The topological polar surface area (TPSA) is 98.2 Å². The fraction of sp³-hybridized carbons (Fsp3) is 0.235. The van der Waals surface area contributed by atoms with Gasteiger partial charge in [0.2, 0.25) is 0 Å². The van der Waals surface area contributed by atoms with Gasteiger partial charge in [0, 0.05) is 19.4 Å². The lowest BCUT2D eigenvalue weighted by Gasteiger charge is -2.02. The number of nitrogens with zero attached hydrogens (tertiary/aromatic N) is 6. The molecule has 1 N–H and O–H groups in total. The molecule has 0 bridgehead atoms. The highest BCUT2D eigenvalue weighted by Crippen LogP contribution is 2.34. The third-order valence-corrected chi connectivity index (χ3v) is 4.90. The van der Waals surface area contributed by atoms with Gasteiger partial charge in [0.15, 0.2) is 17.0 Å². The van der Waals surface area contributed by atoms with Crippen molar-refractivity contribution in [3.63, 3.8) is 0 Å². The van der Waals surface area contributed by atoms with Crippen LogP contribution in [0, 0.1) is 6.92 Å². The molecule has 0 spiro atoms. The number of hydrogen-bond acceptors (Lipinski definition) is 6. The van der Waals surface area contributed by atoms with Crippen molar-refractivity contribution in [3.8, 4) is 11.4 Å². The smallest absolute Gasteiger partial charge is 0.354 e. The maximum atomic E-state index is 11.5. The molecule has 0 atom stereocenters. The van der Waals surface area contributed by atoms with E-state index in [1.165, 1.54) is 28.5 Å². The summed E-state index contributed by atoms with van der Waals surface area (Å²) in [5.41, 5.74) is 3.81. The quantitative estimate of drug-likeness (QED) is 0.553. The number of aromatic nitrogens is 6. The first-order valence-electron chi connectivity index (χ1n) is 8.04. The third-order valence-electron chi connectivity index (χ3n) is 4.06. The lowest BCUT2D eigenvalue weighted by molar-refractivity contribution is 0.0687. The van der Waals surface area contributed by atoms with E-state index in [1.54, 1.807) is 6.20 Å². The molecule has 132 valence electrons. The highest BCUT2D eigenvalue weighted by Gasteiger charge is 2.24. The van der Waals surface area contributed by atoms with E-state index >= 15 is 0 Å². The van der Waals surface area contributed by atoms with Gasteiger partial charge in [0.05, 0.1) is 5.56 Å². The second-order valence-corrected chi connectivity index (χ2v) is 7.09. The molecule has 0 saturated heterocycles. The average molecular weight is 368 g/mol. The molecule has 0 aliphatic carbocycles. The van der Waals surface area contributed by atoms with Crippen molar-refractivity contribution in [1.82, 2.24) is 29.1 Å². The van der Waals surface area contributed by atoms with Crippen molar-refractivity contribution in [2.75, 3.05) is 5.75 Å². The minimum Gasteiger partial charge on any atom is -0.477 e. The molecule has 9 heteroatoms. The molecule has 4 heterocycles. The van der Waals surface area contributed by atoms with Crippen LogP contribution in [0.1, 0.15) is 23.0 Å². The number of carbonyl (C=O) groups is 1. The summed E-state index contributed by atoms with van der Waals surface area (Å²) in [6.07, 6.45) is 3.28. The standard InChI is InChI=1S/C17H16N6O2S/c1-4-26-16-12(14-18-6-5-11(17(24)25)23(14)21-16)15-20-10-7-9(2)8-19-13(10)22(15)3/h5-8H,4H2,1-3H3,(H,24,25). The molecule has 4 rings (SSSR count). The zero-order valence-electron chi connectivity index (χ0n) is 14.5. The van der Waals surface area contributed by atoms with Crippen molar-refractivity contribution in [2.24, 2.45) is 7.05 Å². The molecule has 0 aliphatic rings. The summed E-state index contributed by atoms with van der Waals surface area (Å²) in [6.45, 7) is 3.99. The Hall–Kier alpha value is -2.94. The van der Waals surface area contributed by atoms with Gasteiger partial charge in [-0.25, -0.2) is 24.3 Å². The van der Waals surface area contributed by atoms with Crippen molar-refractivity contribution in [2.45, 2.75) is 18.9 Å². The van der Waals surface area contributed by atoms with Crippen LogP contribution in [0.3, 0.4) is 0 Å². The fourth-order valence-electron chi connectivity index (χ4n) is 2.92. The summed E-state index contributed by atoms with van der Waals surface area (Å²) in [5.74, 6) is 0.404. The Kier molecular flexibility index (Phi) is 3.87. The zero-order chi connectivity index (χ0) is 18.4. The number of carboxylic acids is 1. The van der Waals surface area contributed by atoms with Gasteiger partial charge >= 0.3 is 5.97 Å². The van der Waals surface area contributed by atoms with Crippen LogP contribution in [0.5, 0.6) is 0 Å². The van der Waals surface area contributed by atoms with Gasteiger partial charge in [-0.3, -0.25) is 0 Å². The molecule has 8 nitrogen and oxygen atoms in total. The minimum atomic E-state index is -1.05. The van der Waals surface area contributed by atoms with E-state index in [1.807, 2.05) is 31.5 Å². The molecule has 0 saturated carbocycles. The molecular formula is C17H16N6O2S. The summed E-state index contributed by atoms with van der Waals surface area (Å²) >= 11 is 1.53. The van der Waals surface area contributed by atoms with E-state index in [9.17, 15) is 9.90 Å². The van der Waals surface area contributed by atoms with Crippen LogP contribution in [0.2, 0.25) is 0 Å². The van der Waals surface area contributed by atoms with Crippen LogP contribution in [0.4, 0.5) is 0 Å². The van der Waals surface area contributed by atoms with E-state index in [2.05, 4.69) is 15.1 Å². The predicted octanol–water partition coefficient (Wildman–Crippen LogP) is 2.80. The third kappa shape index (κ3) is 2.43. The average Bonchev–Trinajstić information content (AvgIpc) is 3.11. The molecule has 0 amide bonds. The van der Waals surface area contributed by atoms with E-state index in [0.717, 1.165) is 28.0 Å². The Bertz CT molecular complexity index is 1160. The summed E-state index contributed by atoms with van der Waals surface area (Å²) < 4.78 is 3.26. The van der Waals surface area contributed by atoms with Crippen molar-refractivity contribution >= 4 is 34.5 Å². The predicted molar refractivity (Wildman–Crippen MR) is 98.6 cm³/mol. The second-order valence-electron chi connectivity index (χ2n) is 5.83. The van der Waals surface area contributed by atoms with Crippen molar-refractivity contribution < 1.29 is 9.90 Å². The van der Waals surface area contributed by atoms with Crippen LogP contribution in [-0.4, -0.2) is 46.0 Å². The van der Waals surface area contributed by atoms with Crippen molar-refractivity contribution in [1.29, 1.82) is 0 Å². The fourth-order valence-corrected chi connectivity index (χ4v) is 3.66. The van der Waals surface area contributed by atoms with Gasteiger partial charge in [-0.05, 0) is 30.4 Å². The summed E-state index contributed by atoms with van der Waals surface area (Å²) in [7, 11) is 1.89.